The van der Waals surface area contributed by atoms with E-state index in [9.17, 15) is 9.59 Å². The minimum absolute atomic E-state index is 0.0559. The molecule has 0 aromatic heterocycles. The van der Waals surface area contributed by atoms with Crippen LogP contribution in [0.25, 0.3) is 0 Å². The van der Waals surface area contributed by atoms with Gasteiger partial charge >= 0.3 is 5.97 Å². The molecule has 1 unspecified atom stereocenters. The topological polar surface area (TPSA) is 57.6 Å². The van der Waals surface area contributed by atoms with E-state index in [1.807, 2.05) is 13.8 Å². The number of carbonyl (C=O) groups excluding carboxylic acids is 1. The molecule has 4 nitrogen and oxygen atoms in total. The number of hydrogen-bond donors (Lipinski definition) is 1. The average molecular weight is 285 g/mol. The van der Waals surface area contributed by atoms with E-state index in [0.29, 0.717) is 6.42 Å². The second-order valence-electron chi connectivity index (χ2n) is 5.90. The van der Waals surface area contributed by atoms with Crippen LogP contribution in [-0.2, 0) is 9.59 Å². The minimum atomic E-state index is -0.921. The van der Waals surface area contributed by atoms with Gasteiger partial charge in [0, 0.05) is 13.5 Å². The Morgan fingerprint density at radius 3 is 1.95 bits per heavy atom. The van der Waals surface area contributed by atoms with E-state index < -0.39 is 12.0 Å². The van der Waals surface area contributed by atoms with Gasteiger partial charge in [0.05, 0.1) is 0 Å². The highest BCUT2D eigenvalue weighted by molar-refractivity contribution is 5.83. The molecule has 1 atom stereocenters. The number of carboxylic acids is 1. The molecular weight excluding hydrogens is 254 g/mol. The van der Waals surface area contributed by atoms with Crippen LogP contribution in [0.3, 0.4) is 0 Å². The molecule has 0 saturated heterocycles. The lowest BCUT2D eigenvalue weighted by molar-refractivity contribution is -0.151. The molecule has 4 heteroatoms. The molecule has 0 aromatic carbocycles. The normalized spacial score (nSPS) is 12.4. The van der Waals surface area contributed by atoms with Crippen molar-refractivity contribution < 1.29 is 14.7 Å². The van der Waals surface area contributed by atoms with E-state index in [1.165, 1.54) is 37.0 Å². The Morgan fingerprint density at radius 1 is 1.00 bits per heavy atom. The molecule has 1 amide bonds. The lowest BCUT2D eigenvalue weighted by atomic mass is 10.0. The van der Waals surface area contributed by atoms with Crippen molar-refractivity contribution in [3.63, 3.8) is 0 Å². The van der Waals surface area contributed by atoms with Gasteiger partial charge in [-0.15, -0.1) is 0 Å². The van der Waals surface area contributed by atoms with Gasteiger partial charge in [0.25, 0.3) is 0 Å². The lowest BCUT2D eigenvalue weighted by Crippen LogP contribution is -2.45. The van der Waals surface area contributed by atoms with Crippen molar-refractivity contribution in [2.45, 2.75) is 78.2 Å². The van der Waals surface area contributed by atoms with Crippen molar-refractivity contribution in [2.75, 3.05) is 7.05 Å². The molecule has 0 saturated carbocycles. The fourth-order valence-corrected chi connectivity index (χ4v) is 2.46. The quantitative estimate of drug-likeness (QED) is 0.589. The maximum absolute atomic E-state index is 12.0. The Hall–Kier alpha value is -1.06. The zero-order chi connectivity index (χ0) is 15.5. The van der Waals surface area contributed by atoms with Crippen LogP contribution in [-0.4, -0.2) is 35.0 Å². The van der Waals surface area contributed by atoms with E-state index in [1.54, 1.807) is 7.05 Å². The van der Waals surface area contributed by atoms with E-state index in [2.05, 4.69) is 6.92 Å². The molecule has 0 radical (unpaired) electrons. The Labute approximate surface area is 123 Å². The summed E-state index contributed by atoms with van der Waals surface area (Å²) in [5, 5.41) is 9.16. The zero-order valence-electron chi connectivity index (χ0n) is 13.5. The molecule has 118 valence electrons. The SMILES string of the molecule is CCCCCCCCCC(=O)N(C)C(C(=O)O)C(C)C. The minimum Gasteiger partial charge on any atom is -0.480 e. The van der Waals surface area contributed by atoms with Gasteiger partial charge in [0.1, 0.15) is 6.04 Å². The number of nitrogens with zero attached hydrogens (tertiary/aromatic N) is 1. The largest absolute Gasteiger partial charge is 0.480 e. The number of rotatable bonds is 11. The van der Waals surface area contributed by atoms with E-state index in [4.69, 9.17) is 5.11 Å². The summed E-state index contributed by atoms with van der Waals surface area (Å²) in [6.45, 7) is 5.86. The summed E-state index contributed by atoms with van der Waals surface area (Å²) < 4.78 is 0. The predicted octanol–water partition coefficient (Wildman–Crippen LogP) is 3.69. The molecular formula is C16H31NO3. The van der Waals surface area contributed by atoms with Crippen LogP contribution in [0, 0.1) is 5.92 Å². The highest BCUT2D eigenvalue weighted by atomic mass is 16.4. The van der Waals surface area contributed by atoms with Crippen molar-refractivity contribution in [3.8, 4) is 0 Å². The Balaban J connectivity index is 3.93. The highest BCUT2D eigenvalue weighted by Crippen LogP contribution is 2.13. The van der Waals surface area contributed by atoms with Crippen LogP contribution in [0.15, 0.2) is 0 Å². The predicted molar refractivity (Wildman–Crippen MR) is 81.6 cm³/mol. The number of carbonyl (C=O) groups is 2. The van der Waals surface area contributed by atoms with Gasteiger partial charge in [0.2, 0.25) is 5.91 Å². The molecule has 0 aliphatic heterocycles. The first kappa shape index (κ1) is 18.9. The maximum Gasteiger partial charge on any atom is 0.326 e. The van der Waals surface area contributed by atoms with Gasteiger partial charge in [-0.3, -0.25) is 4.79 Å². The number of amides is 1. The lowest BCUT2D eigenvalue weighted by Gasteiger charge is -2.27. The number of aliphatic carboxylic acids is 1. The van der Waals surface area contributed by atoms with Crippen molar-refractivity contribution in [1.82, 2.24) is 4.90 Å². The standard InChI is InChI=1S/C16H31NO3/c1-5-6-7-8-9-10-11-12-14(18)17(4)15(13(2)3)16(19)20/h13,15H,5-12H2,1-4H3,(H,19,20). The van der Waals surface area contributed by atoms with Gasteiger partial charge < -0.3 is 10.0 Å². The van der Waals surface area contributed by atoms with Crippen molar-refractivity contribution >= 4 is 11.9 Å². The van der Waals surface area contributed by atoms with Gasteiger partial charge in [-0.05, 0) is 12.3 Å². The smallest absolute Gasteiger partial charge is 0.326 e. The molecule has 0 bridgehead atoms. The summed E-state index contributed by atoms with van der Waals surface area (Å²) in [6, 6.07) is -0.716. The third kappa shape index (κ3) is 7.51. The molecule has 0 spiro atoms. The molecule has 0 rings (SSSR count). The summed E-state index contributed by atoms with van der Waals surface area (Å²) in [6.07, 6.45) is 8.60. The van der Waals surface area contributed by atoms with Gasteiger partial charge in [-0.1, -0.05) is 59.3 Å². The van der Waals surface area contributed by atoms with Crippen LogP contribution in [0.1, 0.15) is 72.1 Å². The van der Waals surface area contributed by atoms with Gasteiger partial charge in [-0.25, -0.2) is 4.79 Å². The first-order valence-corrected chi connectivity index (χ1v) is 7.90. The zero-order valence-corrected chi connectivity index (χ0v) is 13.5. The van der Waals surface area contributed by atoms with Crippen molar-refractivity contribution in [3.05, 3.63) is 0 Å². The summed E-state index contributed by atoms with van der Waals surface area (Å²) >= 11 is 0. The summed E-state index contributed by atoms with van der Waals surface area (Å²) in [5.41, 5.74) is 0. The number of likely N-dealkylation sites (N-methyl/N-ethyl adjacent to an activating group) is 1. The molecule has 0 aliphatic carbocycles. The first-order chi connectivity index (χ1) is 9.41. The molecule has 1 N–H and O–H groups in total. The Morgan fingerprint density at radius 2 is 1.50 bits per heavy atom. The van der Waals surface area contributed by atoms with E-state index in [0.717, 1.165) is 12.8 Å². The Kier molecular flexibility index (Phi) is 10.1. The number of carboxylic acid groups (broad SMARTS) is 1. The second-order valence-corrected chi connectivity index (χ2v) is 5.90. The fourth-order valence-electron chi connectivity index (χ4n) is 2.46. The van der Waals surface area contributed by atoms with Crippen LogP contribution in [0.4, 0.5) is 0 Å². The van der Waals surface area contributed by atoms with Crippen molar-refractivity contribution in [2.24, 2.45) is 5.92 Å². The molecule has 0 fully saturated rings. The maximum atomic E-state index is 12.0. The summed E-state index contributed by atoms with van der Waals surface area (Å²) in [5.74, 6) is -1.05. The van der Waals surface area contributed by atoms with Gasteiger partial charge in [0.15, 0.2) is 0 Å². The molecule has 20 heavy (non-hydrogen) atoms. The second kappa shape index (κ2) is 10.7. The first-order valence-electron chi connectivity index (χ1n) is 7.90. The van der Waals surface area contributed by atoms with Crippen LogP contribution >= 0.6 is 0 Å². The van der Waals surface area contributed by atoms with Gasteiger partial charge in [-0.2, -0.15) is 0 Å². The third-order valence-electron chi connectivity index (χ3n) is 3.69. The van der Waals surface area contributed by atoms with Crippen molar-refractivity contribution in [1.29, 1.82) is 0 Å². The van der Waals surface area contributed by atoms with E-state index in [-0.39, 0.29) is 11.8 Å². The summed E-state index contributed by atoms with van der Waals surface area (Å²) in [7, 11) is 1.60. The molecule has 0 aromatic rings. The van der Waals surface area contributed by atoms with Crippen LogP contribution in [0.2, 0.25) is 0 Å². The number of hydrogen-bond acceptors (Lipinski definition) is 2. The Bertz CT molecular complexity index is 289. The third-order valence-corrected chi connectivity index (χ3v) is 3.69. The molecule has 0 heterocycles. The average Bonchev–Trinajstić information content (AvgIpc) is 2.36. The monoisotopic (exact) mass is 285 g/mol. The summed E-state index contributed by atoms with van der Waals surface area (Å²) in [4.78, 5) is 24.6. The molecule has 0 aliphatic rings. The van der Waals surface area contributed by atoms with E-state index >= 15 is 0 Å². The fraction of sp³-hybridized carbons (Fsp3) is 0.875. The van der Waals surface area contributed by atoms with Crippen LogP contribution < -0.4 is 0 Å². The number of unbranched alkanes of at least 4 members (excludes halogenated alkanes) is 6. The van der Waals surface area contributed by atoms with Crippen LogP contribution in [0.5, 0.6) is 0 Å². The highest BCUT2D eigenvalue weighted by Gasteiger charge is 2.28.